The fourth-order valence-corrected chi connectivity index (χ4v) is 1.80. The van der Waals surface area contributed by atoms with E-state index in [0.29, 0.717) is 0 Å². The molecule has 0 aromatic heterocycles. The number of hydrogen-bond donors (Lipinski definition) is 1. The fraction of sp³-hybridized carbons (Fsp3) is 0.500. The molecule has 1 N–H and O–H groups in total. The Morgan fingerprint density at radius 2 is 2.07 bits per heavy atom. The van der Waals surface area contributed by atoms with Crippen LogP contribution in [-0.2, 0) is 0 Å². The third kappa shape index (κ3) is 2.57. The van der Waals surface area contributed by atoms with Crippen LogP contribution >= 0.6 is 11.6 Å². The average molecular weight is 228 g/mol. The molecule has 0 radical (unpaired) electrons. The molecular weight excluding hydrogens is 210 g/mol. The maximum atomic E-state index is 6.11. The minimum atomic E-state index is 0.733. The molecule has 15 heavy (non-hydrogen) atoms. The smallest absolute Gasteiger partial charge is 0.145 e. The molecule has 1 aromatic carbocycles. The van der Waals surface area contributed by atoms with Gasteiger partial charge in [-0.15, -0.1) is 0 Å². The predicted octanol–water partition coefficient (Wildman–Crippen LogP) is 3.79. The van der Waals surface area contributed by atoms with Crippen LogP contribution in [0.4, 0.5) is 5.69 Å². The Bertz CT molecular complexity index is 350. The zero-order valence-corrected chi connectivity index (χ0v) is 10.5. The second kappa shape index (κ2) is 5.26. The second-order valence-corrected chi connectivity index (χ2v) is 4.01. The normalized spacial score (nSPS) is 10.2. The van der Waals surface area contributed by atoms with Crippen molar-refractivity contribution in [3.05, 3.63) is 22.2 Å². The van der Waals surface area contributed by atoms with E-state index < -0.39 is 0 Å². The van der Waals surface area contributed by atoms with Crippen molar-refractivity contribution in [1.29, 1.82) is 0 Å². The van der Waals surface area contributed by atoms with Crippen LogP contribution in [0, 0.1) is 13.8 Å². The van der Waals surface area contributed by atoms with Crippen LogP contribution in [0.5, 0.6) is 5.75 Å². The molecule has 0 spiro atoms. The van der Waals surface area contributed by atoms with Gasteiger partial charge >= 0.3 is 0 Å². The topological polar surface area (TPSA) is 21.3 Å². The first-order chi connectivity index (χ1) is 7.11. The molecule has 0 fully saturated rings. The molecule has 2 nitrogen and oxygen atoms in total. The second-order valence-electron chi connectivity index (χ2n) is 3.60. The SMILES string of the molecule is CCCOc1c(C)cc(Cl)c(C)c1NC. The highest BCUT2D eigenvalue weighted by Crippen LogP contribution is 2.36. The first kappa shape index (κ1) is 12.2. The molecule has 0 aliphatic carbocycles. The van der Waals surface area contributed by atoms with Crippen molar-refractivity contribution in [3.63, 3.8) is 0 Å². The van der Waals surface area contributed by atoms with Gasteiger partial charge in [-0.1, -0.05) is 18.5 Å². The van der Waals surface area contributed by atoms with Gasteiger partial charge in [-0.3, -0.25) is 0 Å². The fourth-order valence-electron chi connectivity index (χ4n) is 1.54. The lowest BCUT2D eigenvalue weighted by Crippen LogP contribution is -2.03. The molecule has 0 unspecified atom stereocenters. The highest BCUT2D eigenvalue weighted by atomic mass is 35.5. The van der Waals surface area contributed by atoms with Crippen LogP contribution in [0.1, 0.15) is 24.5 Å². The summed E-state index contributed by atoms with van der Waals surface area (Å²) in [5.41, 5.74) is 3.10. The molecule has 0 amide bonds. The predicted molar refractivity (Wildman–Crippen MR) is 66.3 cm³/mol. The van der Waals surface area contributed by atoms with Crippen molar-refractivity contribution >= 4 is 17.3 Å². The quantitative estimate of drug-likeness (QED) is 0.845. The van der Waals surface area contributed by atoms with E-state index in [4.69, 9.17) is 16.3 Å². The standard InChI is InChI=1S/C12H18ClNO/c1-5-6-15-12-8(2)7-10(13)9(3)11(12)14-4/h7,14H,5-6H2,1-4H3. The summed E-state index contributed by atoms with van der Waals surface area (Å²) in [6.45, 7) is 6.83. The van der Waals surface area contributed by atoms with Crippen molar-refractivity contribution in [2.75, 3.05) is 19.0 Å². The van der Waals surface area contributed by atoms with Gasteiger partial charge < -0.3 is 10.1 Å². The Morgan fingerprint density at radius 3 is 2.60 bits per heavy atom. The van der Waals surface area contributed by atoms with E-state index in [2.05, 4.69) is 12.2 Å². The molecule has 0 bridgehead atoms. The average Bonchev–Trinajstić information content (AvgIpc) is 2.21. The molecule has 0 heterocycles. The molecule has 1 aromatic rings. The highest BCUT2D eigenvalue weighted by Gasteiger charge is 2.12. The minimum Gasteiger partial charge on any atom is -0.491 e. The Kier molecular flexibility index (Phi) is 4.28. The summed E-state index contributed by atoms with van der Waals surface area (Å²) in [6.07, 6.45) is 1.00. The molecule has 84 valence electrons. The van der Waals surface area contributed by atoms with E-state index in [-0.39, 0.29) is 0 Å². The van der Waals surface area contributed by atoms with Crippen LogP contribution in [0.25, 0.3) is 0 Å². The largest absolute Gasteiger partial charge is 0.491 e. The van der Waals surface area contributed by atoms with E-state index in [9.17, 15) is 0 Å². The molecular formula is C12H18ClNO. The van der Waals surface area contributed by atoms with Gasteiger partial charge in [-0.2, -0.15) is 0 Å². The molecule has 0 saturated heterocycles. The maximum absolute atomic E-state index is 6.11. The molecule has 1 rings (SSSR count). The van der Waals surface area contributed by atoms with E-state index in [1.54, 1.807) is 0 Å². The lowest BCUT2D eigenvalue weighted by Gasteiger charge is -2.16. The minimum absolute atomic E-state index is 0.733. The van der Waals surface area contributed by atoms with E-state index in [0.717, 1.165) is 40.6 Å². The molecule has 0 aliphatic rings. The third-order valence-corrected chi connectivity index (χ3v) is 2.75. The first-order valence-electron chi connectivity index (χ1n) is 5.22. The lowest BCUT2D eigenvalue weighted by atomic mass is 10.1. The van der Waals surface area contributed by atoms with Gasteiger partial charge in [0.25, 0.3) is 0 Å². The maximum Gasteiger partial charge on any atom is 0.145 e. The summed E-state index contributed by atoms with van der Waals surface area (Å²) in [7, 11) is 1.89. The summed E-state index contributed by atoms with van der Waals surface area (Å²) < 4.78 is 5.72. The van der Waals surface area contributed by atoms with Crippen molar-refractivity contribution in [3.8, 4) is 5.75 Å². The van der Waals surface area contributed by atoms with E-state index in [1.165, 1.54) is 0 Å². The van der Waals surface area contributed by atoms with Gasteiger partial charge in [0.1, 0.15) is 5.75 Å². The van der Waals surface area contributed by atoms with Crippen LogP contribution < -0.4 is 10.1 Å². The zero-order valence-electron chi connectivity index (χ0n) is 9.78. The Morgan fingerprint density at radius 1 is 1.40 bits per heavy atom. The van der Waals surface area contributed by atoms with Crippen LogP contribution in [-0.4, -0.2) is 13.7 Å². The molecule has 0 aliphatic heterocycles. The zero-order chi connectivity index (χ0) is 11.4. The van der Waals surface area contributed by atoms with Crippen molar-refractivity contribution < 1.29 is 4.74 Å². The summed E-state index contributed by atoms with van der Waals surface area (Å²) in [5.74, 6) is 0.918. The van der Waals surface area contributed by atoms with Crippen LogP contribution in [0.3, 0.4) is 0 Å². The Labute approximate surface area is 96.6 Å². The Hall–Kier alpha value is -0.890. The lowest BCUT2D eigenvalue weighted by molar-refractivity contribution is 0.316. The number of hydrogen-bond acceptors (Lipinski definition) is 2. The molecule has 0 atom stereocenters. The van der Waals surface area contributed by atoms with Crippen molar-refractivity contribution in [2.24, 2.45) is 0 Å². The number of ether oxygens (including phenoxy) is 1. The van der Waals surface area contributed by atoms with Crippen molar-refractivity contribution in [2.45, 2.75) is 27.2 Å². The summed E-state index contributed by atoms with van der Waals surface area (Å²) in [6, 6.07) is 1.95. The van der Waals surface area contributed by atoms with Crippen molar-refractivity contribution in [1.82, 2.24) is 0 Å². The molecule has 3 heteroatoms. The highest BCUT2D eigenvalue weighted by molar-refractivity contribution is 6.32. The van der Waals surface area contributed by atoms with Gasteiger partial charge in [-0.05, 0) is 37.5 Å². The summed E-state index contributed by atoms with van der Waals surface area (Å²) in [5, 5.41) is 3.92. The van der Waals surface area contributed by atoms with Gasteiger partial charge in [0.15, 0.2) is 0 Å². The van der Waals surface area contributed by atoms with Gasteiger partial charge in [0.05, 0.1) is 12.3 Å². The monoisotopic (exact) mass is 227 g/mol. The molecule has 0 saturated carbocycles. The number of nitrogens with one attached hydrogen (secondary N) is 1. The summed E-state index contributed by atoms with van der Waals surface area (Å²) in [4.78, 5) is 0. The van der Waals surface area contributed by atoms with Gasteiger partial charge in [-0.25, -0.2) is 0 Å². The number of aryl methyl sites for hydroxylation is 1. The Balaban J connectivity index is 3.16. The van der Waals surface area contributed by atoms with Gasteiger partial charge in [0, 0.05) is 12.1 Å². The van der Waals surface area contributed by atoms with Crippen LogP contribution in [0.2, 0.25) is 5.02 Å². The van der Waals surface area contributed by atoms with E-state index >= 15 is 0 Å². The van der Waals surface area contributed by atoms with Gasteiger partial charge in [0.2, 0.25) is 0 Å². The number of anilines is 1. The number of benzene rings is 1. The number of rotatable bonds is 4. The van der Waals surface area contributed by atoms with E-state index in [1.807, 2.05) is 27.0 Å². The third-order valence-electron chi connectivity index (χ3n) is 2.36. The summed E-state index contributed by atoms with van der Waals surface area (Å²) >= 11 is 6.11. The number of halogens is 1. The first-order valence-corrected chi connectivity index (χ1v) is 5.59. The van der Waals surface area contributed by atoms with Crippen LogP contribution in [0.15, 0.2) is 6.07 Å².